The summed E-state index contributed by atoms with van der Waals surface area (Å²) in [5.74, 6) is 1.08. The van der Waals surface area contributed by atoms with E-state index >= 15 is 0 Å². The van der Waals surface area contributed by atoms with Crippen LogP contribution in [0.3, 0.4) is 0 Å². The van der Waals surface area contributed by atoms with Crippen LogP contribution in [0.2, 0.25) is 0 Å². The molecule has 1 saturated carbocycles. The third kappa shape index (κ3) is 4.43. The Labute approximate surface area is 137 Å². The van der Waals surface area contributed by atoms with Crippen LogP contribution in [-0.4, -0.2) is 33.9 Å². The van der Waals surface area contributed by atoms with Crippen molar-refractivity contribution in [2.45, 2.75) is 65.5 Å². The van der Waals surface area contributed by atoms with Crippen molar-refractivity contribution >= 4 is 6.03 Å². The van der Waals surface area contributed by atoms with Gasteiger partial charge in [0.05, 0.1) is 6.10 Å². The number of urea groups is 1. The number of amides is 2. The Hall–Kier alpha value is -1.63. The summed E-state index contributed by atoms with van der Waals surface area (Å²) in [5.41, 5.74) is -0.260. The second-order valence-corrected chi connectivity index (χ2v) is 7.14. The van der Waals surface area contributed by atoms with Gasteiger partial charge in [0.25, 0.3) is 0 Å². The number of carbonyl (C=O) groups excluding carboxylic acids is 1. The minimum Gasteiger partial charge on any atom is -0.392 e. The Balaban J connectivity index is 1.92. The Kier molecular flexibility index (Phi) is 5.62. The van der Waals surface area contributed by atoms with E-state index in [1.165, 1.54) is 0 Å². The summed E-state index contributed by atoms with van der Waals surface area (Å²) < 4.78 is 5.18. The first-order chi connectivity index (χ1) is 10.8. The molecular weight excluding hydrogens is 296 g/mol. The van der Waals surface area contributed by atoms with E-state index in [1.807, 2.05) is 20.8 Å². The molecular formula is C16H28N4O3. The van der Waals surface area contributed by atoms with Crippen LogP contribution in [0.15, 0.2) is 4.52 Å². The summed E-state index contributed by atoms with van der Waals surface area (Å²) in [6.07, 6.45) is 3.50. The highest BCUT2D eigenvalue weighted by Crippen LogP contribution is 2.35. The molecule has 0 saturated heterocycles. The van der Waals surface area contributed by atoms with Crippen molar-refractivity contribution in [1.29, 1.82) is 0 Å². The molecule has 0 radical (unpaired) electrons. The van der Waals surface area contributed by atoms with Crippen LogP contribution in [-0.2, 0) is 0 Å². The molecule has 1 heterocycles. The van der Waals surface area contributed by atoms with Gasteiger partial charge >= 0.3 is 6.03 Å². The number of hydrogen-bond donors (Lipinski definition) is 3. The van der Waals surface area contributed by atoms with Crippen molar-refractivity contribution in [3.05, 3.63) is 11.7 Å². The number of rotatable bonds is 5. The van der Waals surface area contributed by atoms with Gasteiger partial charge in [-0.25, -0.2) is 4.79 Å². The number of nitrogens with one attached hydrogen (secondary N) is 2. The highest BCUT2D eigenvalue weighted by Gasteiger charge is 2.35. The average molecular weight is 324 g/mol. The molecule has 7 nitrogen and oxygen atoms in total. The predicted molar refractivity (Wildman–Crippen MR) is 85.7 cm³/mol. The molecule has 0 spiro atoms. The van der Waals surface area contributed by atoms with E-state index in [2.05, 4.69) is 20.8 Å². The van der Waals surface area contributed by atoms with Gasteiger partial charge in [-0.05, 0) is 25.7 Å². The smallest absolute Gasteiger partial charge is 0.315 e. The van der Waals surface area contributed by atoms with Gasteiger partial charge in [-0.3, -0.25) is 0 Å². The Morgan fingerprint density at radius 2 is 2.22 bits per heavy atom. The fraction of sp³-hybridized carbons (Fsp3) is 0.812. The van der Waals surface area contributed by atoms with Gasteiger partial charge in [0.15, 0.2) is 5.82 Å². The number of aromatic nitrogens is 2. The zero-order chi connectivity index (χ0) is 17.0. The van der Waals surface area contributed by atoms with Crippen LogP contribution in [0, 0.1) is 18.3 Å². The largest absolute Gasteiger partial charge is 0.392 e. The number of nitrogens with zero attached hydrogens (tertiary/aromatic N) is 2. The maximum atomic E-state index is 12.2. The summed E-state index contributed by atoms with van der Waals surface area (Å²) in [6.45, 7) is 8.19. The molecule has 23 heavy (non-hydrogen) atoms. The molecule has 1 fully saturated rings. The van der Waals surface area contributed by atoms with Crippen molar-refractivity contribution in [2.75, 3.05) is 6.54 Å². The second-order valence-electron chi connectivity index (χ2n) is 7.14. The number of aliphatic hydroxyl groups is 1. The van der Waals surface area contributed by atoms with Crippen molar-refractivity contribution in [3.63, 3.8) is 0 Å². The lowest BCUT2D eigenvalue weighted by Gasteiger charge is -2.38. The molecule has 2 amide bonds. The van der Waals surface area contributed by atoms with Crippen molar-refractivity contribution in [1.82, 2.24) is 20.8 Å². The van der Waals surface area contributed by atoms with Crippen LogP contribution < -0.4 is 10.6 Å². The van der Waals surface area contributed by atoms with Gasteiger partial charge in [0.2, 0.25) is 5.89 Å². The molecule has 130 valence electrons. The molecule has 3 unspecified atom stereocenters. The lowest BCUT2D eigenvalue weighted by atomic mass is 9.73. The molecule has 0 bridgehead atoms. The molecule has 1 aliphatic carbocycles. The molecule has 1 aliphatic rings. The minimum absolute atomic E-state index is 0.122. The van der Waals surface area contributed by atoms with Gasteiger partial charge in [-0.15, -0.1) is 0 Å². The summed E-state index contributed by atoms with van der Waals surface area (Å²) in [7, 11) is 0. The Morgan fingerprint density at radius 1 is 1.48 bits per heavy atom. The third-order valence-electron chi connectivity index (χ3n) is 4.70. The van der Waals surface area contributed by atoms with Crippen LogP contribution >= 0.6 is 0 Å². The first-order valence-electron chi connectivity index (χ1n) is 8.34. The van der Waals surface area contributed by atoms with E-state index in [-0.39, 0.29) is 29.5 Å². The Morgan fingerprint density at radius 3 is 2.78 bits per heavy atom. The average Bonchev–Trinajstić information content (AvgIpc) is 2.92. The summed E-state index contributed by atoms with van der Waals surface area (Å²) in [6, 6.07) is -0.612. The third-order valence-corrected chi connectivity index (χ3v) is 4.70. The first kappa shape index (κ1) is 17.7. The number of aryl methyl sites for hydroxylation is 1. The number of carbonyl (C=O) groups is 1. The van der Waals surface area contributed by atoms with E-state index in [0.29, 0.717) is 18.3 Å². The molecule has 3 atom stereocenters. The zero-order valence-corrected chi connectivity index (χ0v) is 14.4. The number of aliphatic hydroxyl groups excluding tert-OH is 1. The van der Waals surface area contributed by atoms with Gasteiger partial charge in [0.1, 0.15) is 6.04 Å². The van der Waals surface area contributed by atoms with Gasteiger partial charge in [-0.2, -0.15) is 4.98 Å². The fourth-order valence-electron chi connectivity index (χ4n) is 3.02. The fourth-order valence-corrected chi connectivity index (χ4v) is 3.02. The number of hydrogen-bond acceptors (Lipinski definition) is 5. The topological polar surface area (TPSA) is 100 Å². The van der Waals surface area contributed by atoms with Gasteiger partial charge in [-0.1, -0.05) is 38.8 Å². The monoisotopic (exact) mass is 324 g/mol. The van der Waals surface area contributed by atoms with Crippen LogP contribution in [0.4, 0.5) is 4.79 Å². The lowest BCUT2D eigenvalue weighted by molar-refractivity contribution is 0.00299. The second kappa shape index (κ2) is 7.29. The molecule has 1 aromatic heterocycles. The van der Waals surface area contributed by atoms with Crippen LogP contribution in [0.25, 0.3) is 0 Å². The maximum Gasteiger partial charge on any atom is 0.315 e. The van der Waals surface area contributed by atoms with Crippen LogP contribution in [0.5, 0.6) is 0 Å². The van der Waals surface area contributed by atoms with E-state index in [0.717, 1.165) is 25.7 Å². The summed E-state index contributed by atoms with van der Waals surface area (Å²) in [4.78, 5) is 16.4. The van der Waals surface area contributed by atoms with Gasteiger partial charge < -0.3 is 20.3 Å². The van der Waals surface area contributed by atoms with E-state index in [1.54, 1.807) is 6.92 Å². The molecule has 0 aliphatic heterocycles. The molecule has 0 aromatic carbocycles. The van der Waals surface area contributed by atoms with Gasteiger partial charge in [0, 0.05) is 12.0 Å². The molecule has 7 heteroatoms. The summed E-state index contributed by atoms with van der Waals surface area (Å²) in [5, 5.41) is 19.7. The minimum atomic E-state index is -0.365. The Bertz CT molecular complexity index is 531. The van der Waals surface area contributed by atoms with Crippen LogP contribution in [0.1, 0.15) is 64.2 Å². The normalized spacial score (nSPS) is 26.1. The van der Waals surface area contributed by atoms with E-state index in [4.69, 9.17) is 4.52 Å². The first-order valence-corrected chi connectivity index (χ1v) is 8.34. The molecule has 2 rings (SSSR count). The summed E-state index contributed by atoms with van der Waals surface area (Å²) >= 11 is 0. The molecule has 1 aromatic rings. The standard InChI is InChI=1S/C16H28N4O3/c1-10(2)13(14-18-11(3)20-23-14)19-15(22)17-9-16(4)8-6-5-7-12(16)21/h10,12-13,21H,5-9H2,1-4H3,(H2,17,19,22). The lowest BCUT2D eigenvalue weighted by Crippen LogP contribution is -2.48. The molecule has 3 N–H and O–H groups in total. The van der Waals surface area contributed by atoms with E-state index in [9.17, 15) is 9.90 Å². The quantitative estimate of drug-likeness (QED) is 0.771. The highest BCUT2D eigenvalue weighted by molar-refractivity contribution is 5.74. The maximum absolute atomic E-state index is 12.2. The zero-order valence-electron chi connectivity index (χ0n) is 14.4. The highest BCUT2D eigenvalue weighted by atomic mass is 16.5. The van der Waals surface area contributed by atoms with Crippen molar-refractivity contribution < 1.29 is 14.4 Å². The predicted octanol–water partition coefficient (Wildman–Crippen LogP) is 2.32. The van der Waals surface area contributed by atoms with Crippen molar-refractivity contribution in [2.24, 2.45) is 11.3 Å². The van der Waals surface area contributed by atoms with E-state index < -0.39 is 0 Å². The van der Waals surface area contributed by atoms with Crippen molar-refractivity contribution in [3.8, 4) is 0 Å². The SMILES string of the molecule is Cc1noc(C(NC(=O)NCC2(C)CCCCC2O)C(C)C)n1.